The van der Waals surface area contributed by atoms with Gasteiger partial charge in [-0.1, -0.05) is 162 Å². The Hall–Kier alpha value is -3.11. The van der Waals surface area contributed by atoms with Gasteiger partial charge in [-0.05, 0) is 96.3 Å². The Morgan fingerprint density at radius 3 is 1.43 bits per heavy atom. The molecule has 0 heterocycles. The van der Waals surface area contributed by atoms with Crippen molar-refractivity contribution in [3.63, 3.8) is 0 Å². The lowest BCUT2D eigenvalue weighted by Crippen LogP contribution is -2.34. The minimum atomic E-state index is -4.64. The van der Waals surface area contributed by atoms with E-state index in [1.54, 1.807) is 0 Å². The summed E-state index contributed by atoms with van der Waals surface area (Å²) in [4.78, 5) is 33.6. The Morgan fingerprint density at radius 2 is 0.951 bits per heavy atom. The molecule has 0 aromatic heterocycles. The van der Waals surface area contributed by atoms with Gasteiger partial charge >= 0.3 is 19.8 Å². The van der Waals surface area contributed by atoms with Crippen molar-refractivity contribution in [2.75, 3.05) is 26.4 Å². The number of phosphoric acid groups is 1. The third kappa shape index (κ3) is 44.7. The molecule has 3 atom stereocenters. The highest BCUT2D eigenvalue weighted by Crippen LogP contribution is 2.43. The second-order valence-electron chi connectivity index (χ2n) is 15.1. The fraction of sp³-hybridized carbons (Fsp3) is 0.640. The van der Waals surface area contributed by atoms with Gasteiger partial charge in [0.05, 0.1) is 19.8 Å². The quantitative estimate of drug-likeness (QED) is 0.0233. The van der Waals surface area contributed by atoms with Crippen molar-refractivity contribution in [3.05, 3.63) is 97.2 Å². The molecule has 0 aliphatic carbocycles. The zero-order valence-corrected chi connectivity index (χ0v) is 38.9. The van der Waals surface area contributed by atoms with E-state index in [0.29, 0.717) is 13.0 Å². The number of aliphatic carboxylic acids is 1. The van der Waals surface area contributed by atoms with E-state index in [1.165, 1.54) is 38.5 Å². The summed E-state index contributed by atoms with van der Waals surface area (Å²) in [7, 11) is -4.64. The molecule has 0 aliphatic heterocycles. The van der Waals surface area contributed by atoms with Crippen LogP contribution in [0.4, 0.5) is 0 Å². The number of ether oxygens (including phenoxy) is 2. The van der Waals surface area contributed by atoms with E-state index in [0.717, 1.165) is 103 Å². The molecule has 0 saturated heterocycles. The highest BCUT2D eigenvalue weighted by Gasteiger charge is 2.27. The van der Waals surface area contributed by atoms with Crippen LogP contribution >= 0.6 is 7.82 Å². The number of allylic oxidation sites excluding steroid dienone is 16. The third-order valence-corrected chi connectivity index (χ3v) is 10.3. The zero-order chi connectivity index (χ0) is 44.8. The van der Waals surface area contributed by atoms with Gasteiger partial charge < -0.3 is 25.2 Å². The Morgan fingerprint density at radius 1 is 0.541 bits per heavy atom. The number of carbonyl (C=O) groups is 2. The number of rotatable bonds is 43. The zero-order valence-electron chi connectivity index (χ0n) is 38.0. The molecule has 0 aromatic rings. The van der Waals surface area contributed by atoms with Crippen LogP contribution in [0, 0.1) is 0 Å². The Labute approximate surface area is 370 Å². The molecule has 11 heteroatoms. The Kier molecular flexibility index (Phi) is 42.6. The maximum Gasteiger partial charge on any atom is 0.472 e. The number of esters is 1. The molecular weight excluding hydrogens is 790 g/mol. The number of hydrogen-bond donors (Lipinski definition) is 3. The maximum absolute atomic E-state index is 12.7. The topological polar surface area (TPSA) is 155 Å². The standard InChI is InChI=1S/C50H84NO9P/c1-3-5-7-9-11-13-15-17-19-21-23-24-25-26-28-30-32-34-36-38-40-42-49(52)60-47(45-58-61(55,56)59-46-48(51)50(53)54)44-57-43-41-39-37-35-33-31-29-27-22-20-18-16-14-12-10-8-6-4-2/h6,8,12,14-15,17-18,20-21,23,25-27,29,33,35,47-48H,3-5,7,9-11,13,16,19,22,24,28,30-32,34,36-46,51H2,1-2H3,(H,53,54)(H,55,56)/b8-6-,14-12-,17-15-,20-18-,23-21-,26-25-,29-27-,35-33-. The number of nitrogens with two attached hydrogens (primary N) is 1. The number of carboxylic acid groups (broad SMARTS) is 1. The summed E-state index contributed by atoms with van der Waals surface area (Å²) in [6.07, 6.45) is 58.9. The molecule has 0 aromatic carbocycles. The van der Waals surface area contributed by atoms with Crippen LogP contribution in [0.3, 0.4) is 0 Å². The smallest absolute Gasteiger partial charge is 0.472 e. The highest BCUT2D eigenvalue weighted by atomic mass is 31.2. The second kappa shape index (κ2) is 44.9. The van der Waals surface area contributed by atoms with Gasteiger partial charge in [-0.15, -0.1) is 0 Å². The Bertz CT molecular complexity index is 1330. The summed E-state index contributed by atoms with van der Waals surface area (Å²) in [6.45, 7) is 3.61. The molecule has 61 heavy (non-hydrogen) atoms. The van der Waals surface area contributed by atoms with Crippen LogP contribution in [0.1, 0.15) is 168 Å². The molecule has 0 spiro atoms. The van der Waals surface area contributed by atoms with Crippen molar-refractivity contribution in [3.8, 4) is 0 Å². The first-order chi connectivity index (χ1) is 29.7. The van der Waals surface area contributed by atoms with Crippen LogP contribution in [0.25, 0.3) is 0 Å². The molecule has 0 aliphatic rings. The van der Waals surface area contributed by atoms with Crippen molar-refractivity contribution in [2.45, 2.75) is 180 Å². The van der Waals surface area contributed by atoms with E-state index < -0.39 is 45.1 Å². The predicted octanol–water partition coefficient (Wildman–Crippen LogP) is 13.3. The van der Waals surface area contributed by atoms with Gasteiger partial charge in [0.15, 0.2) is 0 Å². The number of carbonyl (C=O) groups excluding carboxylic acids is 1. The molecule has 0 bridgehead atoms. The van der Waals surface area contributed by atoms with E-state index in [2.05, 4.69) is 111 Å². The minimum Gasteiger partial charge on any atom is -0.480 e. The van der Waals surface area contributed by atoms with Gasteiger partial charge in [0, 0.05) is 13.0 Å². The monoisotopic (exact) mass is 874 g/mol. The predicted molar refractivity (Wildman–Crippen MR) is 253 cm³/mol. The summed E-state index contributed by atoms with van der Waals surface area (Å²) < 4.78 is 33.3. The van der Waals surface area contributed by atoms with Crippen LogP contribution in [-0.2, 0) is 32.7 Å². The number of hydrogen-bond acceptors (Lipinski definition) is 8. The minimum absolute atomic E-state index is 0.0244. The summed E-state index contributed by atoms with van der Waals surface area (Å²) in [5.74, 6) is -1.82. The molecule has 348 valence electrons. The average Bonchev–Trinajstić information content (AvgIpc) is 3.24. The summed E-state index contributed by atoms with van der Waals surface area (Å²) in [5.41, 5.74) is 5.36. The van der Waals surface area contributed by atoms with E-state index in [1.807, 2.05) is 0 Å². The lowest BCUT2D eigenvalue weighted by Gasteiger charge is -2.20. The maximum atomic E-state index is 12.7. The van der Waals surface area contributed by atoms with Gasteiger partial charge in [-0.25, -0.2) is 4.57 Å². The number of carboxylic acids is 1. The molecule has 10 nitrogen and oxygen atoms in total. The van der Waals surface area contributed by atoms with Crippen molar-refractivity contribution in [2.24, 2.45) is 5.73 Å². The molecule has 0 saturated carbocycles. The average molecular weight is 874 g/mol. The van der Waals surface area contributed by atoms with Crippen molar-refractivity contribution in [1.29, 1.82) is 0 Å². The van der Waals surface area contributed by atoms with E-state index in [4.69, 9.17) is 29.4 Å². The summed E-state index contributed by atoms with van der Waals surface area (Å²) in [5, 5.41) is 8.91. The largest absolute Gasteiger partial charge is 0.480 e. The van der Waals surface area contributed by atoms with E-state index in [-0.39, 0.29) is 13.0 Å². The number of phosphoric ester groups is 1. The second-order valence-corrected chi connectivity index (χ2v) is 16.6. The molecule has 3 unspecified atom stereocenters. The molecule has 0 rings (SSSR count). The SMILES string of the molecule is CC/C=C\C/C=C\C/C=C\C/C=C\C/C=C\CCCCOCC(COP(=O)(O)OCC(N)C(=O)O)OC(=O)CCCCCCCC/C=C\C/C=C\C/C=C\CCCCCCC. The van der Waals surface area contributed by atoms with E-state index >= 15 is 0 Å². The molecule has 0 fully saturated rings. The summed E-state index contributed by atoms with van der Waals surface area (Å²) >= 11 is 0. The van der Waals surface area contributed by atoms with Gasteiger partial charge in [-0.3, -0.25) is 18.6 Å². The van der Waals surface area contributed by atoms with Gasteiger partial charge in [0.25, 0.3) is 0 Å². The normalized spacial score (nSPS) is 14.7. The number of unbranched alkanes of at least 4 members (excludes halogenated alkanes) is 13. The van der Waals surface area contributed by atoms with Crippen LogP contribution in [0.5, 0.6) is 0 Å². The Balaban J connectivity index is 4.34. The van der Waals surface area contributed by atoms with Crippen LogP contribution < -0.4 is 5.73 Å². The lowest BCUT2D eigenvalue weighted by atomic mass is 10.1. The first-order valence-corrected chi connectivity index (χ1v) is 24.8. The van der Waals surface area contributed by atoms with Crippen molar-refractivity contribution < 1.29 is 42.7 Å². The molecular formula is C50H84NO9P. The van der Waals surface area contributed by atoms with Gasteiger partial charge in [-0.2, -0.15) is 0 Å². The van der Waals surface area contributed by atoms with Gasteiger partial charge in [0.1, 0.15) is 12.1 Å². The molecule has 0 amide bonds. The van der Waals surface area contributed by atoms with Crippen molar-refractivity contribution >= 4 is 19.8 Å². The first kappa shape index (κ1) is 57.9. The van der Waals surface area contributed by atoms with Crippen LogP contribution in [0.15, 0.2) is 97.2 Å². The van der Waals surface area contributed by atoms with Crippen molar-refractivity contribution in [1.82, 2.24) is 0 Å². The molecule has 4 N–H and O–H groups in total. The van der Waals surface area contributed by atoms with Crippen LogP contribution in [-0.4, -0.2) is 60.5 Å². The highest BCUT2D eigenvalue weighted by molar-refractivity contribution is 7.47. The fourth-order valence-electron chi connectivity index (χ4n) is 5.75. The third-order valence-electron chi connectivity index (χ3n) is 9.35. The first-order valence-electron chi connectivity index (χ1n) is 23.3. The molecule has 0 radical (unpaired) electrons. The lowest BCUT2D eigenvalue weighted by molar-refractivity contribution is -0.154. The summed E-state index contributed by atoms with van der Waals surface area (Å²) in [6, 6.07) is -1.49. The van der Waals surface area contributed by atoms with E-state index in [9.17, 15) is 19.0 Å². The van der Waals surface area contributed by atoms with Gasteiger partial charge in [0.2, 0.25) is 0 Å². The fourth-order valence-corrected chi connectivity index (χ4v) is 6.53. The van der Waals surface area contributed by atoms with Crippen LogP contribution in [0.2, 0.25) is 0 Å².